The molecule has 0 saturated carbocycles. The Morgan fingerprint density at radius 1 is 0.865 bits per heavy atom. The van der Waals surface area contributed by atoms with Crippen LogP contribution in [0.3, 0.4) is 0 Å². The number of benzene rings is 3. The number of amides is 1. The van der Waals surface area contributed by atoms with E-state index in [4.69, 9.17) is 18.9 Å². The Kier molecular flexibility index (Phi) is 8.15. The van der Waals surface area contributed by atoms with Gasteiger partial charge in [-0.25, -0.2) is 4.79 Å². The van der Waals surface area contributed by atoms with Crippen molar-refractivity contribution in [2.45, 2.75) is 12.5 Å². The van der Waals surface area contributed by atoms with Crippen molar-refractivity contribution in [1.82, 2.24) is 5.32 Å². The average Bonchev–Trinajstić information content (AvgIpc) is 3.24. The summed E-state index contributed by atoms with van der Waals surface area (Å²) in [5.74, 6) is 1.91. The third-order valence-corrected chi connectivity index (χ3v) is 6.41. The van der Waals surface area contributed by atoms with Gasteiger partial charge in [0.2, 0.25) is 5.12 Å². The Balaban J connectivity index is 1.49. The predicted molar refractivity (Wildman–Crippen MR) is 141 cm³/mol. The molecule has 190 valence electrons. The molecular formula is C28H25NO7S. The summed E-state index contributed by atoms with van der Waals surface area (Å²) in [6, 6.07) is 19.2. The van der Waals surface area contributed by atoms with E-state index < -0.39 is 12.0 Å². The molecule has 4 rings (SSSR count). The van der Waals surface area contributed by atoms with E-state index in [0.717, 1.165) is 11.1 Å². The van der Waals surface area contributed by atoms with Gasteiger partial charge in [0.25, 0.3) is 5.24 Å². The summed E-state index contributed by atoms with van der Waals surface area (Å²) in [4.78, 5) is 35.7. The van der Waals surface area contributed by atoms with Gasteiger partial charge in [-0.15, -0.1) is 0 Å². The molecule has 0 aliphatic carbocycles. The lowest BCUT2D eigenvalue weighted by Gasteiger charge is -2.11. The number of esters is 1. The highest BCUT2D eigenvalue weighted by Gasteiger charge is 2.31. The van der Waals surface area contributed by atoms with Gasteiger partial charge in [0.05, 0.1) is 26.9 Å². The number of methoxy groups -OCH3 is 3. The van der Waals surface area contributed by atoms with E-state index in [2.05, 4.69) is 5.32 Å². The molecule has 1 aliphatic rings. The quantitative estimate of drug-likeness (QED) is 0.237. The van der Waals surface area contributed by atoms with Crippen LogP contribution in [0.1, 0.15) is 16.7 Å². The first-order valence-corrected chi connectivity index (χ1v) is 12.1. The highest BCUT2D eigenvalue weighted by molar-refractivity contribution is 8.26. The fourth-order valence-electron chi connectivity index (χ4n) is 3.74. The summed E-state index contributed by atoms with van der Waals surface area (Å²) in [6.07, 6.45) is 2.13. The van der Waals surface area contributed by atoms with Gasteiger partial charge < -0.3 is 24.3 Å². The molecule has 3 aromatic carbocycles. The lowest BCUT2D eigenvalue weighted by Crippen LogP contribution is -2.30. The van der Waals surface area contributed by atoms with Crippen LogP contribution in [0.25, 0.3) is 11.6 Å². The van der Waals surface area contributed by atoms with Crippen LogP contribution in [0.15, 0.2) is 66.7 Å². The molecule has 1 saturated heterocycles. The van der Waals surface area contributed by atoms with Crippen molar-refractivity contribution in [2.75, 3.05) is 21.3 Å². The standard InChI is InChI=1S/C28H25NO7S/c1-33-22-12-18(13-23(16-22)34-2)14-24(26(30)35-3)19-6-10-21(11-7-19)36-20-8-4-17(5-9-20)15-25-27(31)37-28(32)29-25/h4-14,16,25H,15H2,1-3H3,(H,29,32). The summed E-state index contributed by atoms with van der Waals surface area (Å²) < 4.78 is 21.6. The van der Waals surface area contributed by atoms with E-state index in [-0.39, 0.29) is 10.4 Å². The van der Waals surface area contributed by atoms with E-state index in [1.807, 2.05) is 12.1 Å². The Hall–Kier alpha value is -4.24. The van der Waals surface area contributed by atoms with Crippen LogP contribution in [0.4, 0.5) is 4.79 Å². The van der Waals surface area contributed by atoms with Crippen molar-refractivity contribution >= 4 is 39.7 Å². The zero-order valence-electron chi connectivity index (χ0n) is 20.5. The first-order valence-electron chi connectivity index (χ1n) is 11.3. The molecule has 1 amide bonds. The highest BCUT2D eigenvalue weighted by Crippen LogP contribution is 2.29. The van der Waals surface area contributed by atoms with Crippen LogP contribution >= 0.6 is 11.8 Å². The molecular weight excluding hydrogens is 494 g/mol. The molecule has 1 aliphatic heterocycles. The van der Waals surface area contributed by atoms with Crippen LogP contribution in [0, 0.1) is 0 Å². The van der Waals surface area contributed by atoms with Gasteiger partial charge in [0.15, 0.2) is 0 Å². The van der Waals surface area contributed by atoms with Crippen molar-refractivity contribution in [2.24, 2.45) is 0 Å². The van der Waals surface area contributed by atoms with Crippen molar-refractivity contribution in [3.05, 3.63) is 83.4 Å². The maximum atomic E-state index is 12.6. The number of hydrogen-bond acceptors (Lipinski definition) is 8. The van der Waals surface area contributed by atoms with Crippen molar-refractivity contribution in [3.63, 3.8) is 0 Å². The average molecular weight is 520 g/mol. The van der Waals surface area contributed by atoms with Gasteiger partial charge in [-0.1, -0.05) is 24.3 Å². The largest absolute Gasteiger partial charge is 0.497 e. The number of carbonyl (C=O) groups is 3. The molecule has 1 N–H and O–H groups in total. The zero-order chi connectivity index (χ0) is 26.4. The second kappa shape index (κ2) is 11.7. The zero-order valence-corrected chi connectivity index (χ0v) is 21.3. The molecule has 3 aromatic rings. The first-order chi connectivity index (χ1) is 17.9. The maximum Gasteiger partial charge on any atom is 0.338 e. The lowest BCUT2D eigenvalue weighted by molar-refractivity contribution is -0.133. The maximum absolute atomic E-state index is 12.6. The molecule has 0 bridgehead atoms. The Bertz CT molecular complexity index is 1310. The molecule has 1 heterocycles. The van der Waals surface area contributed by atoms with Crippen molar-refractivity contribution in [3.8, 4) is 23.0 Å². The minimum Gasteiger partial charge on any atom is -0.497 e. The smallest absolute Gasteiger partial charge is 0.338 e. The molecule has 0 spiro atoms. The van der Waals surface area contributed by atoms with E-state index in [1.165, 1.54) is 7.11 Å². The molecule has 1 fully saturated rings. The number of rotatable bonds is 9. The van der Waals surface area contributed by atoms with Crippen LogP contribution < -0.4 is 19.5 Å². The highest BCUT2D eigenvalue weighted by atomic mass is 32.2. The van der Waals surface area contributed by atoms with E-state index >= 15 is 0 Å². The lowest BCUT2D eigenvalue weighted by atomic mass is 10.0. The van der Waals surface area contributed by atoms with Gasteiger partial charge in [-0.05, 0) is 59.2 Å². The second-order valence-electron chi connectivity index (χ2n) is 8.08. The number of nitrogens with one attached hydrogen (secondary N) is 1. The Morgan fingerprint density at radius 2 is 1.46 bits per heavy atom. The molecule has 8 nitrogen and oxygen atoms in total. The SMILES string of the molecule is COC(=O)C(=Cc1cc(OC)cc(OC)c1)c1ccc(Oc2ccc(CC3NC(=O)SC3=O)cc2)cc1. The summed E-state index contributed by atoms with van der Waals surface area (Å²) in [7, 11) is 4.45. The van der Waals surface area contributed by atoms with Crippen LogP contribution in [0.5, 0.6) is 23.0 Å². The minimum absolute atomic E-state index is 0.170. The van der Waals surface area contributed by atoms with Gasteiger partial charge in [0.1, 0.15) is 29.0 Å². The fraction of sp³-hybridized carbons (Fsp3) is 0.179. The van der Waals surface area contributed by atoms with Gasteiger partial charge in [-0.2, -0.15) is 0 Å². The number of ether oxygens (including phenoxy) is 4. The van der Waals surface area contributed by atoms with E-state index in [9.17, 15) is 14.4 Å². The van der Waals surface area contributed by atoms with Gasteiger partial charge in [-0.3, -0.25) is 9.59 Å². The van der Waals surface area contributed by atoms with Crippen LogP contribution in [0.2, 0.25) is 0 Å². The topological polar surface area (TPSA) is 100 Å². The van der Waals surface area contributed by atoms with E-state index in [1.54, 1.807) is 74.9 Å². The third-order valence-electron chi connectivity index (χ3n) is 5.62. The van der Waals surface area contributed by atoms with Crippen molar-refractivity contribution < 1.29 is 33.3 Å². The second-order valence-corrected chi connectivity index (χ2v) is 9.05. The minimum atomic E-state index is -0.507. The summed E-state index contributed by atoms with van der Waals surface area (Å²) >= 11 is 0.705. The Morgan fingerprint density at radius 3 is 1.97 bits per heavy atom. The summed E-state index contributed by atoms with van der Waals surface area (Å²) in [5, 5.41) is 2.17. The molecule has 1 atom stereocenters. The number of thioether (sulfide) groups is 1. The van der Waals surface area contributed by atoms with E-state index in [0.29, 0.717) is 52.3 Å². The monoisotopic (exact) mass is 519 g/mol. The number of hydrogen-bond donors (Lipinski definition) is 1. The summed E-state index contributed by atoms with van der Waals surface area (Å²) in [5.41, 5.74) is 2.64. The predicted octanol–water partition coefficient (Wildman–Crippen LogP) is 5.10. The molecule has 1 unspecified atom stereocenters. The van der Waals surface area contributed by atoms with Gasteiger partial charge >= 0.3 is 5.97 Å². The fourth-order valence-corrected chi connectivity index (χ4v) is 4.41. The molecule has 9 heteroatoms. The third kappa shape index (κ3) is 6.50. The summed E-state index contributed by atoms with van der Waals surface area (Å²) in [6.45, 7) is 0. The van der Waals surface area contributed by atoms with Crippen LogP contribution in [-0.2, 0) is 20.7 Å². The first kappa shape index (κ1) is 25.8. The van der Waals surface area contributed by atoms with Crippen LogP contribution in [-0.4, -0.2) is 43.7 Å². The van der Waals surface area contributed by atoms with Gasteiger partial charge in [0, 0.05) is 24.2 Å². The Labute approximate surface area is 218 Å². The van der Waals surface area contributed by atoms with Crippen molar-refractivity contribution in [1.29, 1.82) is 0 Å². The molecule has 0 aromatic heterocycles. The normalized spacial score (nSPS) is 15.2. The number of carbonyl (C=O) groups excluding carboxylic acids is 3. The molecule has 0 radical (unpaired) electrons. The molecule has 37 heavy (non-hydrogen) atoms.